The molecule has 0 saturated heterocycles. The molecule has 0 heterocycles. The molecule has 0 unspecified atom stereocenters. The minimum absolute atomic E-state index is 0.184. The Labute approximate surface area is 58.8 Å². The zero-order chi connectivity index (χ0) is 7.56. The van der Waals surface area contributed by atoms with Gasteiger partial charge in [0.15, 0.2) is 0 Å². The van der Waals surface area contributed by atoms with Crippen LogP contribution in [0.25, 0.3) is 0 Å². The summed E-state index contributed by atoms with van der Waals surface area (Å²) >= 11 is 0. The van der Waals surface area contributed by atoms with Crippen molar-refractivity contribution in [1.82, 2.24) is 5.32 Å². The first-order valence-electron chi connectivity index (χ1n) is 3.26. The lowest BCUT2D eigenvalue weighted by Gasteiger charge is -1.98. The van der Waals surface area contributed by atoms with E-state index >= 15 is 0 Å². The van der Waals surface area contributed by atoms with Crippen molar-refractivity contribution < 1.29 is 9.59 Å². The largest absolute Gasteiger partial charge is 0.369 e. The lowest BCUT2D eigenvalue weighted by atomic mass is 10.4. The number of hydrogen-bond donors (Lipinski definition) is 2. The van der Waals surface area contributed by atoms with Gasteiger partial charge in [-0.05, 0) is 12.8 Å². The first-order chi connectivity index (χ1) is 4.68. The summed E-state index contributed by atoms with van der Waals surface area (Å²) in [6.45, 7) is 0. The van der Waals surface area contributed by atoms with Gasteiger partial charge in [0.1, 0.15) is 6.42 Å². The second-order valence-corrected chi connectivity index (χ2v) is 2.48. The maximum absolute atomic E-state index is 10.7. The number of primary amides is 1. The number of nitrogens with two attached hydrogens (primary N) is 1. The fourth-order valence-corrected chi connectivity index (χ4v) is 0.665. The fraction of sp³-hybridized carbons (Fsp3) is 0.667. The van der Waals surface area contributed by atoms with E-state index < -0.39 is 5.91 Å². The molecule has 0 atom stereocenters. The highest BCUT2D eigenvalue weighted by Crippen LogP contribution is 2.18. The first-order valence-corrected chi connectivity index (χ1v) is 3.26. The van der Waals surface area contributed by atoms with Gasteiger partial charge in [0.2, 0.25) is 11.8 Å². The lowest BCUT2D eigenvalue weighted by molar-refractivity contribution is -0.127. The lowest BCUT2D eigenvalue weighted by Crippen LogP contribution is -2.29. The van der Waals surface area contributed by atoms with Gasteiger partial charge in [-0.15, -0.1) is 0 Å². The molecule has 1 saturated carbocycles. The van der Waals surface area contributed by atoms with Crippen LogP contribution in [0.4, 0.5) is 0 Å². The quantitative estimate of drug-likeness (QED) is 0.503. The Morgan fingerprint density at radius 3 is 2.50 bits per heavy atom. The molecule has 0 bridgehead atoms. The highest BCUT2D eigenvalue weighted by Gasteiger charge is 2.23. The Bertz CT molecular complexity index is 163. The zero-order valence-electron chi connectivity index (χ0n) is 5.59. The van der Waals surface area contributed by atoms with Gasteiger partial charge in [-0.1, -0.05) is 0 Å². The molecule has 1 aliphatic rings. The molecule has 1 rings (SSSR count). The van der Waals surface area contributed by atoms with Crippen LogP contribution in [0.3, 0.4) is 0 Å². The molecule has 1 fully saturated rings. The Kier molecular flexibility index (Phi) is 1.89. The number of carbonyl (C=O) groups excluding carboxylic acids is 2. The summed E-state index contributed by atoms with van der Waals surface area (Å²) in [7, 11) is 0. The summed E-state index contributed by atoms with van der Waals surface area (Å²) in [6.07, 6.45) is 1.88. The molecule has 0 aromatic carbocycles. The molecule has 1 aliphatic carbocycles. The number of carbonyl (C=O) groups is 2. The standard InChI is InChI=1S/C6H10N2O2/c7-5(9)3-6(10)8-4-1-2-4/h4H,1-3H2,(H2,7,9)(H,8,10). The van der Waals surface area contributed by atoms with Crippen LogP contribution < -0.4 is 11.1 Å². The molecule has 0 aromatic heterocycles. The van der Waals surface area contributed by atoms with Gasteiger partial charge in [-0.3, -0.25) is 9.59 Å². The van der Waals surface area contributed by atoms with Crippen LogP contribution in [0.2, 0.25) is 0 Å². The smallest absolute Gasteiger partial charge is 0.229 e. The summed E-state index contributed by atoms with van der Waals surface area (Å²) in [5.74, 6) is -0.826. The summed E-state index contributed by atoms with van der Waals surface area (Å²) in [5.41, 5.74) is 4.79. The predicted octanol–water partition coefficient (Wildman–Crippen LogP) is -0.860. The number of rotatable bonds is 3. The summed E-state index contributed by atoms with van der Waals surface area (Å²) in [5, 5.41) is 2.65. The van der Waals surface area contributed by atoms with E-state index in [2.05, 4.69) is 5.32 Å². The van der Waals surface area contributed by atoms with Gasteiger partial charge >= 0.3 is 0 Å². The van der Waals surface area contributed by atoms with E-state index in [9.17, 15) is 9.59 Å². The van der Waals surface area contributed by atoms with Crippen LogP contribution in [-0.2, 0) is 9.59 Å². The van der Waals surface area contributed by atoms with E-state index in [1.54, 1.807) is 0 Å². The molecule has 4 nitrogen and oxygen atoms in total. The maximum atomic E-state index is 10.7. The molecular weight excluding hydrogens is 132 g/mol. The minimum atomic E-state index is -0.571. The average molecular weight is 142 g/mol. The first kappa shape index (κ1) is 7.05. The topological polar surface area (TPSA) is 72.2 Å². The highest BCUT2D eigenvalue weighted by molar-refractivity contribution is 5.96. The highest BCUT2D eigenvalue weighted by atomic mass is 16.2. The van der Waals surface area contributed by atoms with Crippen molar-refractivity contribution in [2.75, 3.05) is 0 Å². The Hall–Kier alpha value is -1.06. The second-order valence-electron chi connectivity index (χ2n) is 2.48. The van der Waals surface area contributed by atoms with E-state index in [0.29, 0.717) is 6.04 Å². The van der Waals surface area contributed by atoms with Crippen molar-refractivity contribution in [3.8, 4) is 0 Å². The number of nitrogens with one attached hydrogen (secondary N) is 1. The number of amides is 2. The molecule has 3 N–H and O–H groups in total. The van der Waals surface area contributed by atoms with Gasteiger partial charge in [0.25, 0.3) is 0 Å². The van der Waals surface area contributed by atoms with Crippen molar-refractivity contribution in [2.45, 2.75) is 25.3 Å². The summed E-state index contributed by atoms with van der Waals surface area (Å²) in [4.78, 5) is 20.9. The van der Waals surface area contributed by atoms with Crippen LogP contribution >= 0.6 is 0 Å². The third-order valence-corrected chi connectivity index (χ3v) is 1.28. The van der Waals surface area contributed by atoms with Crippen LogP contribution in [0.5, 0.6) is 0 Å². The van der Waals surface area contributed by atoms with Gasteiger partial charge in [-0.2, -0.15) is 0 Å². The van der Waals surface area contributed by atoms with Crippen LogP contribution in [-0.4, -0.2) is 17.9 Å². The van der Waals surface area contributed by atoms with Crippen molar-refractivity contribution >= 4 is 11.8 Å². The monoisotopic (exact) mass is 142 g/mol. The van der Waals surface area contributed by atoms with E-state index in [-0.39, 0.29) is 12.3 Å². The van der Waals surface area contributed by atoms with Gasteiger partial charge in [0, 0.05) is 6.04 Å². The molecular formula is C6H10N2O2. The molecule has 0 aliphatic heterocycles. The van der Waals surface area contributed by atoms with E-state index in [4.69, 9.17) is 5.73 Å². The predicted molar refractivity (Wildman–Crippen MR) is 35.0 cm³/mol. The zero-order valence-corrected chi connectivity index (χ0v) is 5.59. The SMILES string of the molecule is NC(=O)CC(=O)NC1CC1. The van der Waals surface area contributed by atoms with Crippen LogP contribution in [0, 0.1) is 0 Å². The van der Waals surface area contributed by atoms with Crippen LogP contribution in [0.15, 0.2) is 0 Å². The van der Waals surface area contributed by atoms with Crippen molar-refractivity contribution in [1.29, 1.82) is 0 Å². The van der Waals surface area contributed by atoms with E-state index in [1.807, 2.05) is 0 Å². The normalized spacial score (nSPS) is 16.4. The summed E-state index contributed by atoms with van der Waals surface area (Å²) < 4.78 is 0. The average Bonchev–Trinajstić information content (AvgIpc) is 2.46. The van der Waals surface area contributed by atoms with Crippen molar-refractivity contribution in [2.24, 2.45) is 5.73 Å². The van der Waals surface area contributed by atoms with Crippen LogP contribution in [0.1, 0.15) is 19.3 Å². The Balaban J connectivity index is 2.14. The summed E-state index contributed by atoms with van der Waals surface area (Å²) in [6, 6.07) is 0.312. The Morgan fingerprint density at radius 1 is 1.50 bits per heavy atom. The fourth-order valence-electron chi connectivity index (χ4n) is 0.665. The van der Waals surface area contributed by atoms with Crippen molar-refractivity contribution in [3.63, 3.8) is 0 Å². The molecule has 2 amide bonds. The van der Waals surface area contributed by atoms with E-state index in [0.717, 1.165) is 12.8 Å². The van der Waals surface area contributed by atoms with Gasteiger partial charge in [-0.25, -0.2) is 0 Å². The van der Waals surface area contributed by atoms with Gasteiger partial charge < -0.3 is 11.1 Å². The number of hydrogen-bond acceptors (Lipinski definition) is 2. The molecule has 56 valence electrons. The molecule has 4 heteroatoms. The van der Waals surface area contributed by atoms with Crippen molar-refractivity contribution in [3.05, 3.63) is 0 Å². The molecule has 0 radical (unpaired) electrons. The third-order valence-electron chi connectivity index (χ3n) is 1.28. The Morgan fingerprint density at radius 2 is 2.10 bits per heavy atom. The third kappa shape index (κ3) is 2.48. The van der Waals surface area contributed by atoms with E-state index in [1.165, 1.54) is 0 Å². The second kappa shape index (κ2) is 2.68. The minimum Gasteiger partial charge on any atom is -0.369 e. The molecule has 10 heavy (non-hydrogen) atoms. The maximum Gasteiger partial charge on any atom is 0.229 e. The molecule has 0 spiro atoms. The molecule has 0 aromatic rings. The van der Waals surface area contributed by atoms with Gasteiger partial charge in [0.05, 0.1) is 0 Å².